The molecule has 46 heavy (non-hydrogen) atoms. The number of methoxy groups -OCH3 is 1. The van der Waals surface area contributed by atoms with Crippen LogP contribution in [0.5, 0.6) is 17.2 Å². The molecular formula is C34H30ClFN4O6. The highest BCUT2D eigenvalue weighted by Gasteiger charge is 2.15. The average molecular weight is 645 g/mol. The van der Waals surface area contributed by atoms with Gasteiger partial charge in [-0.25, -0.2) is 9.82 Å². The van der Waals surface area contributed by atoms with Crippen molar-refractivity contribution in [1.82, 2.24) is 9.99 Å². The zero-order valence-corrected chi connectivity index (χ0v) is 25.9. The zero-order chi connectivity index (χ0) is 32.6. The first-order valence-electron chi connectivity index (χ1n) is 14.1. The molecule has 0 aliphatic heterocycles. The van der Waals surface area contributed by atoms with Crippen LogP contribution < -0.4 is 25.0 Å². The quantitative estimate of drug-likeness (QED) is 0.113. The van der Waals surface area contributed by atoms with E-state index in [1.54, 1.807) is 12.1 Å². The molecule has 0 atom stereocenters. The molecule has 3 aromatic carbocycles. The molecule has 5 rings (SSSR count). The van der Waals surface area contributed by atoms with Crippen molar-refractivity contribution < 1.29 is 32.6 Å². The van der Waals surface area contributed by atoms with Crippen LogP contribution in [0.3, 0.4) is 0 Å². The zero-order valence-electron chi connectivity index (χ0n) is 25.2. The Hall–Kier alpha value is -5.55. The predicted molar refractivity (Wildman–Crippen MR) is 172 cm³/mol. The summed E-state index contributed by atoms with van der Waals surface area (Å²) in [4.78, 5) is 24.8. The summed E-state index contributed by atoms with van der Waals surface area (Å²) in [6.07, 6.45) is 1.37. The van der Waals surface area contributed by atoms with Gasteiger partial charge in [-0.05, 0) is 104 Å². The largest absolute Gasteiger partial charge is 0.493 e. The number of aromatic nitrogens is 1. The third-order valence-corrected chi connectivity index (χ3v) is 7.02. The summed E-state index contributed by atoms with van der Waals surface area (Å²) in [5, 5.41) is 6.72. The number of halogens is 2. The second-order valence-electron chi connectivity index (χ2n) is 10.1. The van der Waals surface area contributed by atoms with E-state index in [0.717, 1.165) is 17.1 Å². The molecule has 0 aliphatic carbocycles. The molecule has 0 unspecified atom stereocenters. The fourth-order valence-electron chi connectivity index (χ4n) is 4.54. The van der Waals surface area contributed by atoms with Gasteiger partial charge in [-0.15, -0.1) is 0 Å². The summed E-state index contributed by atoms with van der Waals surface area (Å²) in [6, 6.07) is 23.5. The molecule has 0 saturated heterocycles. The van der Waals surface area contributed by atoms with Gasteiger partial charge in [0.05, 0.1) is 18.3 Å². The number of ether oxygens (including phenoxy) is 3. The molecule has 10 nitrogen and oxygen atoms in total. The SMILES string of the molecule is COc1cc(/C=N/NC(=O)c2ccc(COc3ccc(-n4c(C)ccc4C)cc3)o2)cc(Cl)c1OCC(=O)Nc1ccc(F)cc1. The van der Waals surface area contributed by atoms with Crippen molar-refractivity contribution in [1.29, 1.82) is 0 Å². The molecular weight excluding hydrogens is 615 g/mol. The number of furan rings is 1. The second kappa shape index (κ2) is 14.5. The topological polar surface area (TPSA) is 116 Å². The summed E-state index contributed by atoms with van der Waals surface area (Å²) >= 11 is 6.38. The Morgan fingerprint density at radius 2 is 1.67 bits per heavy atom. The fraction of sp³-hybridized carbons (Fsp3) is 0.147. The van der Waals surface area contributed by atoms with Crippen molar-refractivity contribution in [3.63, 3.8) is 0 Å². The number of carbonyl (C=O) groups excluding carboxylic acids is 2. The summed E-state index contributed by atoms with van der Waals surface area (Å²) in [6.45, 7) is 3.88. The normalized spacial score (nSPS) is 11.0. The van der Waals surface area contributed by atoms with Crippen molar-refractivity contribution in [3.8, 4) is 22.9 Å². The lowest BCUT2D eigenvalue weighted by Crippen LogP contribution is -2.20. The highest BCUT2D eigenvalue weighted by atomic mass is 35.5. The molecule has 2 heterocycles. The van der Waals surface area contributed by atoms with Crippen molar-refractivity contribution >= 4 is 35.3 Å². The number of hydrogen-bond acceptors (Lipinski definition) is 7. The number of nitrogens with zero attached hydrogens (tertiary/aromatic N) is 2. The minimum absolute atomic E-state index is 0.0583. The van der Waals surface area contributed by atoms with Crippen LogP contribution in [0.1, 0.15) is 33.3 Å². The van der Waals surface area contributed by atoms with E-state index < -0.39 is 17.6 Å². The molecule has 2 N–H and O–H groups in total. The molecule has 0 fully saturated rings. The Morgan fingerprint density at radius 3 is 2.37 bits per heavy atom. The van der Waals surface area contributed by atoms with Crippen LogP contribution in [-0.2, 0) is 11.4 Å². The van der Waals surface area contributed by atoms with Gasteiger partial charge in [0, 0.05) is 22.8 Å². The molecule has 2 aromatic heterocycles. The number of hydrogen-bond donors (Lipinski definition) is 2. The summed E-state index contributed by atoms with van der Waals surface area (Å²) in [7, 11) is 1.42. The minimum atomic E-state index is -0.561. The van der Waals surface area contributed by atoms with Crippen molar-refractivity contribution in [2.24, 2.45) is 5.10 Å². The highest BCUT2D eigenvalue weighted by molar-refractivity contribution is 6.32. The molecule has 2 amide bonds. The Morgan fingerprint density at radius 1 is 0.957 bits per heavy atom. The summed E-state index contributed by atoms with van der Waals surface area (Å²) in [5.74, 6) is 0.130. The number of amides is 2. The molecule has 5 aromatic rings. The molecule has 12 heteroatoms. The van der Waals surface area contributed by atoms with Gasteiger partial charge in [-0.2, -0.15) is 5.10 Å². The third kappa shape index (κ3) is 7.93. The van der Waals surface area contributed by atoms with Crippen LogP contribution in [0.15, 0.2) is 94.4 Å². The summed E-state index contributed by atoms with van der Waals surface area (Å²) in [5.41, 5.74) is 6.64. The molecule has 236 valence electrons. The Bertz CT molecular complexity index is 1850. The molecule has 0 saturated carbocycles. The number of hydrazone groups is 1. The first-order chi connectivity index (χ1) is 22.2. The van der Waals surface area contributed by atoms with Crippen molar-refractivity contribution in [2.75, 3.05) is 19.0 Å². The van der Waals surface area contributed by atoms with Gasteiger partial charge < -0.3 is 28.5 Å². The van der Waals surface area contributed by atoms with E-state index in [0.29, 0.717) is 22.8 Å². The molecule has 0 bridgehead atoms. The maximum atomic E-state index is 13.1. The van der Waals surface area contributed by atoms with E-state index in [1.807, 2.05) is 24.3 Å². The number of benzene rings is 3. The van der Waals surface area contributed by atoms with E-state index in [9.17, 15) is 14.0 Å². The van der Waals surface area contributed by atoms with E-state index in [-0.39, 0.29) is 35.5 Å². The summed E-state index contributed by atoms with van der Waals surface area (Å²) < 4.78 is 37.6. The molecule has 0 radical (unpaired) electrons. The van der Waals surface area contributed by atoms with Crippen LogP contribution in [0.2, 0.25) is 5.02 Å². The maximum Gasteiger partial charge on any atom is 0.307 e. The lowest BCUT2D eigenvalue weighted by molar-refractivity contribution is -0.118. The Kier molecular flexibility index (Phi) is 10.0. The lowest BCUT2D eigenvalue weighted by atomic mass is 10.2. The average Bonchev–Trinajstić information content (AvgIpc) is 3.66. The first-order valence-corrected chi connectivity index (χ1v) is 14.4. The van der Waals surface area contributed by atoms with Crippen LogP contribution in [0.25, 0.3) is 5.69 Å². The van der Waals surface area contributed by atoms with Crippen LogP contribution in [0.4, 0.5) is 10.1 Å². The smallest absolute Gasteiger partial charge is 0.307 e. The number of carbonyl (C=O) groups is 2. The Balaban J connectivity index is 1.12. The maximum absolute atomic E-state index is 13.1. The van der Waals surface area contributed by atoms with Gasteiger partial charge in [0.1, 0.15) is 23.9 Å². The van der Waals surface area contributed by atoms with Crippen molar-refractivity contribution in [3.05, 3.63) is 124 Å². The van der Waals surface area contributed by atoms with Gasteiger partial charge in [-0.3, -0.25) is 9.59 Å². The van der Waals surface area contributed by atoms with E-state index in [1.165, 1.54) is 49.7 Å². The standard InChI is InChI=1S/C34H30ClFN4O6/c1-21-4-5-22(2)40(21)26-10-12-27(13-11-26)44-19-28-14-15-30(46-28)34(42)39-37-18-23-16-29(35)33(31(17-23)43-3)45-20-32(41)38-25-8-6-24(36)7-9-25/h4-18H,19-20H2,1-3H3,(H,38,41)(H,39,42)/b37-18+. The van der Waals surface area contributed by atoms with Gasteiger partial charge in [0.15, 0.2) is 23.9 Å². The number of anilines is 1. The van der Waals surface area contributed by atoms with Crippen LogP contribution in [0, 0.1) is 19.7 Å². The molecule has 0 aliphatic rings. The predicted octanol–water partition coefficient (Wildman–Crippen LogP) is 6.85. The second-order valence-corrected chi connectivity index (χ2v) is 10.5. The third-order valence-electron chi connectivity index (χ3n) is 6.74. The van der Waals surface area contributed by atoms with E-state index >= 15 is 0 Å². The fourth-order valence-corrected chi connectivity index (χ4v) is 4.82. The first kappa shape index (κ1) is 31.9. The molecule has 0 spiro atoms. The Labute approximate surface area is 269 Å². The van der Waals surface area contributed by atoms with E-state index in [2.05, 4.69) is 46.4 Å². The van der Waals surface area contributed by atoms with Gasteiger partial charge >= 0.3 is 5.91 Å². The van der Waals surface area contributed by atoms with E-state index in [4.69, 9.17) is 30.2 Å². The number of aryl methyl sites for hydroxylation is 2. The number of nitrogens with one attached hydrogen (secondary N) is 2. The minimum Gasteiger partial charge on any atom is -0.493 e. The van der Waals surface area contributed by atoms with Crippen LogP contribution >= 0.6 is 11.6 Å². The van der Waals surface area contributed by atoms with Crippen LogP contribution in [-0.4, -0.2) is 36.3 Å². The monoisotopic (exact) mass is 644 g/mol. The van der Waals surface area contributed by atoms with Gasteiger partial charge in [0.25, 0.3) is 5.91 Å². The van der Waals surface area contributed by atoms with Gasteiger partial charge in [0.2, 0.25) is 0 Å². The van der Waals surface area contributed by atoms with Gasteiger partial charge in [-0.1, -0.05) is 11.6 Å². The highest BCUT2D eigenvalue weighted by Crippen LogP contribution is 2.36. The number of rotatable bonds is 12. The lowest BCUT2D eigenvalue weighted by Gasteiger charge is -2.13. The van der Waals surface area contributed by atoms with Crippen molar-refractivity contribution in [2.45, 2.75) is 20.5 Å².